The molecule has 0 saturated heterocycles. The normalized spacial score (nSPS) is 13.3. The van der Waals surface area contributed by atoms with Crippen LogP contribution in [0.25, 0.3) is 0 Å². The summed E-state index contributed by atoms with van der Waals surface area (Å²) in [5.74, 6) is -4.33. The minimum Gasteiger partial charge on any atom is -0.480 e. The molecule has 0 aliphatic heterocycles. The van der Waals surface area contributed by atoms with Crippen molar-refractivity contribution in [1.82, 2.24) is 10.6 Å². The number of nitrogens with one attached hydrogen (secondary N) is 2. The summed E-state index contributed by atoms with van der Waals surface area (Å²) < 4.78 is 5.27. The average molecular weight is 484 g/mol. The molecule has 1 unspecified atom stereocenters. The number of thioether (sulfide) groups is 1. The molecule has 0 radical (unpaired) electrons. The van der Waals surface area contributed by atoms with Gasteiger partial charge in [-0.15, -0.1) is 0 Å². The number of benzene rings is 1. The molecule has 0 fully saturated rings. The Labute approximate surface area is 195 Å². The van der Waals surface area contributed by atoms with Gasteiger partial charge in [0.2, 0.25) is 11.8 Å². The number of nitrogens with two attached hydrogens (primary N) is 1. The molecule has 0 aliphatic carbocycles. The summed E-state index contributed by atoms with van der Waals surface area (Å²) >= 11 is 1.21. The Kier molecular flexibility index (Phi) is 12.6. The number of carbonyl (C=O) groups is 5. The minimum absolute atomic E-state index is 0.0679. The third-order valence-corrected chi connectivity index (χ3v) is 5.65. The molecular formula is C21H29N3O8S. The molecule has 3 atom stereocenters. The van der Waals surface area contributed by atoms with Crippen LogP contribution in [0.5, 0.6) is 0 Å². The van der Waals surface area contributed by atoms with Crippen molar-refractivity contribution < 1.29 is 38.9 Å². The fourth-order valence-corrected chi connectivity index (χ4v) is 3.54. The SMILES string of the molecule is CC(CSC[C@H](NC(=O)CC[C@H](N)C(=O)O)C(=O)NCC(=O)O)C(=O)OCc1ccccc1. The number of esters is 1. The zero-order valence-corrected chi connectivity index (χ0v) is 19.0. The lowest BCUT2D eigenvalue weighted by Gasteiger charge is -2.19. The van der Waals surface area contributed by atoms with Crippen molar-refractivity contribution in [2.75, 3.05) is 18.1 Å². The van der Waals surface area contributed by atoms with Crippen LogP contribution in [0.15, 0.2) is 30.3 Å². The van der Waals surface area contributed by atoms with Crippen LogP contribution in [0.2, 0.25) is 0 Å². The number of rotatable bonds is 15. The molecule has 12 heteroatoms. The van der Waals surface area contributed by atoms with E-state index in [-0.39, 0.29) is 25.2 Å². The molecule has 1 aromatic rings. The van der Waals surface area contributed by atoms with E-state index < -0.39 is 54.3 Å². The molecule has 6 N–H and O–H groups in total. The van der Waals surface area contributed by atoms with Crippen molar-refractivity contribution in [3.63, 3.8) is 0 Å². The number of carbonyl (C=O) groups excluding carboxylic acids is 3. The number of amides is 2. The van der Waals surface area contributed by atoms with Gasteiger partial charge in [0, 0.05) is 17.9 Å². The first-order valence-corrected chi connectivity index (χ1v) is 11.3. The summed E-state index contributed by atoms with van der Waals surface area (Å²) in [4.78, 5) is 58.0. The van der Waals surface area contributed by atoms with Crippen LogP contribution in [-0.4, -0.2) is 70.1 Å². The first-order valence-electron chi connectivity index (χ1n) is 10.2. The third kappa shape index (κ3) is 11.9. The molecule has 0 bridgehead atoms. The van der Waals surface area contributed by atoms with E-state index in [2.05, 4.69) is 10.6 Å². The predicted molar refractivity (Wildman–Crippen MR) is 120 cm³/mol. The number of carboxylic acid groups (broad SMARTS) is 2. The maximum Gasteiger partial charge on any atom is 0.322 e. The number of aliphatic carboxylic acids is 2. The first kappa shape index (κ1) is 27.9. The standard InChI is InChI=1S/C21H29N3O8S/c1-13(21(31)32-10-14-5-3-2-4-6-14)11-33-12-16(19(28)23-9-18(26)27)24-17(25)8-7-15(22)20(29)30/h2-6,13,15-16H,7-12,22H2,1H3,(H,23,28)(H,24,25)(H,26,27)(H,29,30)/t13?,15-,16-/m0/s1. The third-order valence-electron chi connectivity index (χ3n) is 4.34. The van der Waals surface area contributed by atoms with E-state index in [9.17, 15) is 24.0 Å². The van der Waals surface area contributed by atoms with Gasteiger partial charge in [0.05, 0.1) is 5.92 Å². The maximum absolute atomic E-state index is 12.3. The van der Waals surface area contributed by atoms with Crippen molar-refractivity contribution in [3.8, 4) is 0 Å². The smallest absolute Gasteiger partial charge is 0.322 e. The number of hydrogen-bond acceptors (Lipinski definition) is 8. The lowest BCUT2D eigenvalue weighted by atomic mass is 10.1. The van der Waals surface area contributed by atoms with Crippen molar-refractivity contribution in [2.24, 2.45) is 11.7 Å². The molecule has 1 aromatic carbocycles. The average Bonchev–Trinajstić information content (AvgIpc) is 2.78. The van der Waals surface area contributed by atoms with Gasteiger partial charge in [-0.05, 0) is 12.0 Å². The Bertz CT molecular complexity index is 821. The highest BCUT2D eigenvalue weighted by molar-refractivity contribution is 7.99. The van der Waals surface area contributed by atoms with Gasteiger partial charge in [-0.2, -0.15) is 11.8 Å². The molecule has 11 nitrogen and oxygen atoms in total. The number of ether oxygens (including phenoxy) is 1. The highest BCUT2D eigenvalue weighted by Gasteiger charge is 2.23. The summed E-state index contributed by atoms with van der Waals surface area (Å²) in [7, 11) is 0. The molecule has 0 saturated carbocycles. The van der Waals surface area contributed by atoms with Gasteiger partial charge in [0.25, 0.3) is 0 Å². The molecule has 1 rings (SSSR count). The van der Waals surface area contributed by atoms with Gasteiger partial charge < -0.3 is 31.3 Å². The van der Waals surface area contributed by atoms with Crippen molar-refractivity contribution in [1.29, 1.82) is 0 Å². The monoisotopic (exact) mass is 483 g/mol. The van der Waals surface area contributed by atoms with Gasteiger partial charge in [-0.1, -0.05) is 37.3 Å². The zero-order chi connectivity index (χ0) is 24.8. The second-order valence-electron chi connectivity index (χ2n) is 7.25. The highest BCUT2D eigenvalue weighted by atomic mass is 32.2. The quantitative estimate of drug-likeness (QED) is 0.212. The van der Waals surface area contributed by atoms with E-state index in [1.807, 2.05) is 30.3 Å². The van der Waals surface area contributed by atoms with E-state index in [0.29, 0.717) is 5.75 Å². The molecule has 0 aromatic heterocycles. The van der Waals surface area contributed by atoms with Crippen LogP contribution < -0.4 is 16.4 Å². The van der Waals surface area contributed by atoms with Crippen LogP contribution >= 0.6 is 11.8 Å². The lowest BCUT2D eigenvalue weighted by molar-refractivity contribution is -0.148. The summed E-state index contributed by atoms with van der Waals surface area (Å²) in [5, 5.41) is 22.2. The maximum atomic E-state index is 12.3. The summed E-state index contributed by atoms with van der Waals surface area (Å²) in [5.41, 5.74) is 6.22. The fraction of sp³-hybridized carbons (Fsp3) is 0.476. The Morgan fingerprint density at radius 2 is 1.76 bits per heavy atom. The summed E-state index contributed by atoms with van der Waals surface area (Å²) in [6.45, 7) is 1.19. The zero-order valence-electron chi connectivity index (χ0n) is 18.2. The Balaban J connectivity index is 2.54. The van der Waals surface area contributed by atoms with Crippen LogP contribution in [0.1, 0.15) is 25.3 Å². The van der Waals surface area contributed by atoms with Crippen molar-refractivity contribution >= 4 is 41.5 Å². The Morgan fingerprint density at radius 3 is 2.36 bits per heavy atom. The van der Waals surface area contributed by atoms with Crippen LogP contribution in [0, 0.1) is 5.92 Å². The minimum atomic E-state index is -1.25. The van der Waals surface area contributed by atoms with Gasteiger partial charge in [0.15, 0.2) is 0 Å². The molecule has 33 heavy (non-hydrogen) atoms. The van der Waals surface area contributed by atoms with E-state index >= 15 is 0 Å². The van der Waals surface area contributed by atoms with Crippen LogP contribution in [0.4, 0.5) is 0 Å². The van der Waals surface area contributed by atoms with Crippen LogP contribution in [-0.2, 0) is 35.3 Å². The first-order chi connectivity index (χ1) is 15.6. The van der Waals surface area contributed by atoms with Gasteiger partial charge in [0.1, 0.15) is 25.2 Å². The Morgan fingerprint density at radius 1 is 1.09 bits per heavy atom. The van der Waals surface area contributed by atoms with Crippen molar-refractivity contribution in [2.45, 2.75) is 38.5 Å². The predicted octanol–water partition coefficient (Wildman–Crippen LogP) is -0.0232. The van der Waals surface area contributed by atoms with Gasteiger partial charge in [-0.3, -0.25) is 24.0 Å². The van der Waals surface area contributed by atoms with Gasteiger partial charge in [-0.25, -0.2) is 0 Å². The second kappa shape index (κ2) is 14.9. The van der Waals surface area contributed by atoms with Crippen molar-refractivity contribution in [3.05, 3.63) is 35.9 Å². The van der Waals surface area contributed by atoms with Crippen LogP contribution in [0.3, 0.4) is 0 Å². The lowest BCUT2D eigenvalue weighted by Crippen LogP contribution is -2.49. The highest BCUT2D eigenvalue weighted by Crippen LogP contribution is 2.13. The molecule has 0 aliphatic rings. The molecule has 0 heterocycles. The number of hydrogen-bond donors (Lipinski definition) is 5. The van der Waals surface area contributed by atoms with Gasteiger partial charge >= 0.3 is 17.9 Å². The molecule has 0 spiro atoms. The van der Waals surface area contributed by atoms with E-state index in [0.717, 1.165) is 5.56 Å². The second-order valence-corrected chi connectivity index (χ2v) is 8.32. The van der Waals surface area contributed by atoms with E-state index in [1.165, 1.54) is 11.8 Å². The largest absolute Gasteiger partial charge is 0.480 e. The Hall–Kier alpha value is -3.12. The fourth-order valence-electron chi connectivity index (χ4n) is 2.45. The number of carboxylic acids is 2. The summed E-state index contributed by atoms with van der Waals surface area (Å²) in [6, 6.07) is 6.90. The van der Waals surface area contributed by atoms with E-state index in [4.69, 9.17) is 20.7 Å². The topological polar surface area (TPSA) is 185 Å². The molecular weight excluding hydrogens is 454 g/mol. The molecule has 182 valence electrons. The van der Waals surface area contributed by atoms with E-state index in [1.54, 1.807) is 6.92 Å². The summed E-state index contributed by atoms with van der Waals surface area (Å²) in [6.07, 6.45) is -0.342. The molecule has 2 amide bonds.